The van der Waals surface area contributed by atoms with Crippen LogP contribution in [0.2, 0.25) is 5.02 Å². The lowest BCUT2D eigenvalue weighted by atomic mass is 9.93. The molecule has 0 bridgehead atoms. The van der Waals surface area contributed by atoms with Crippen molar-refractivity contribution in [2.24, 2.45) is 0 Å². The van der Waals surface area contributed by atoms with Crippen molar-refractivity contribution in [2.45, 2.75) is 31.1 Å². The van der Waals surface area contributed by atoms with Crippen molar-refractivity contribution < 1.29 is 8.42 Å². The first-order valence-corrected chi connectivity index (χ1v) is 8.71. The number of nitrogens with one attached hydrogen (secondary N) is 2. The van der Waals surface area contributed by atoms with Gasteiger partial charge in [0.15, 0.2) is 5.13 Å². The third-order valence-corrected chi connectivity index (χ3v) is 5.12. The minimum absolute atomic E-state index is 0.125. The number of hydrogen-bond donors (Lipinski definition) is 2. The smallest absolute Gasteiger partial charge is 0.266 e. The van der Waals surface area contributed by atoms with Crippen LogP contribution in [-0.4, -0.2) is 18.4 Å². The standard InChI is InChI=1S/C12H14ClN3O3S2/c1-12(2,3)9-6-20-11(15-9)16-21(18,19)7-4-8(13)10(17)14-5-7/h4-6H,1-3H3,(H,14,17)(H,15,16). The summed E-state index contributed by atoms with van der Waals surface area (Å²) in [5.41, 5.74) is 0.0891. The zero-order chi connectivity index (χ0) is 15.8. The summed E-state index contributed by atoms with van der Waals surface area (Å²) < 4.78 is 26.8. The Balaban J connectivity index is 2.31. The van der Waals surface area contributed by atoms with Crippen molar-refractivity contribution >= 4 is 38.1 Å². The Morgan fingerprint density at radius 2 is 2.05 bits per heavy atom. The van der Waals surface area contributed by atoms with Gasteiger partial charge in [-0.15, -0.1) is 11.3 Å². The first kappa shape index (κ1) is 16.0. The van der Waals surface area contributed by atoms with E-state index in [1.165, 1.54) is 11.3 Å². The molecular weight excluding hydrogens is 334 g/mol. The molecule has 0 aliphatic heterocycles. The van der Waals surface area contributed by atoms with E-state index in [1.54, 1.807) is 5.38 Å². The molecule has 2 N–H and O–H groups in total. The van der Waals surface area contributed by atoms with Gasteiger partial charge in [-0.3, -0.25) is 9.52 Å². The number of H-pyrrole nitrogens is 1. The first-order chi connectivity index (χ1) is 9.59. The molecule has 2 aromatic rings. The van der Waals surface area contributed by atoms with Crippen LogP contribution in [0.5, 0.6) is 0 Å². The topological polar surface area (TPSA) is 91.9 Å². The second kappa shape index (κ2) is 5.43. The summed E-state index contributed by atoms with van der Waals surface area (Å²) in [4.78, 5) is 17.6. The fourth-order valence-electron chi connectivity index (χ4n) is 1.43. The Morgan fingerprint density at radius 1 is 1.38 bits per heavy atom. The molecular formula is C12H14ClN3O3S2. The fraction of sp³-hybridized carbons (Fsp3) is 0.333. The average molecular weight is 348 g/mol. The minimum Gasteiger partial charge on any atom is -0.326 e. The molecule has 0 spiro atoms. The Kier molecular flexibility index (Phi) is 4.14. The molecule has 0 aliphatic rings. The number of nitrogens with zero attached hydrogens (tertiary/aromatic N) is 1. The van der Waals surface area contributed by atoms with Crippen LogP contribution in [0.4, 0.5) is 5.13 Å². The van der Waals surface area contributed by atoms with E-state index in [1.807, 2.05) is 20.8 Å². The lowest BCUT2D eigenvalue weighted by Crippen LogP contribution is -2.16. The van der Waals surface area contributed by atoms with Gasteiger partial charge in [0, 0.05) is 17.0 Å². The van der Waals surface area contributed by atoms with Crippen molar-refractivity contribution in [3.05, 3.63) is 38.7 Å². The van der Waals surface area contributed by atoms with E-state index in [0.717, 1.165) is 18.0 Å². The normalized spacial score (nSPS) is 12.4. The van der Waals surface area contributed by atoms with E-state index in [4.69, 9.17) is 11.6 Å². The average Bonchev–Trinajstić information content (AvgIpc) is 2.80. The molecule has 2 heterocycles. The van der Waals surface area contributed by atoms with E-state index >= 15 is 0 Å². The Morgan fingerprint density at radius 3 is 2.57 bits per heavy atom. The molecule has 0 saturated heterocycles. The zero-order valence-electron chi connectivity index (χ0n) is 11.6. The summed E-state index contributed by atoms with van der Waals surface area (Å²) in [5.74, 6) is 0. The van der Waals surface area contributed by atoms with Crippen LogP contribution >= 0.6 is 22.9 Å². The van der Waals surface area contributed by atoms with Crippen LogP contribution in [0.25, 0.3) is 0 Å². The predicted molar refractivity (Wildman–Crippen MR) is 83.7 cm³/mol. The lowest BCUT2D eigenvalue weighted by molar-refractivity contribution is 0.573. The summed E-state index contributed by atoms with van der Waals surface area (Å²) >= 11 is 6.84. The maximum absolute atomic E-state index is 12.2. The molecule has 0 saturated carbocycles. The van der Waals surface area contributed by atoms with E-state index in [0.29, 0.717) is 0 Å². The third-order valence-electron chi connectivity index (χ3n) is 2.64. The number of aromatic nitrogens is 2. The SMILES string of the molecule is CC(C)(C)c1csc(NS(=O)(=O)c2c[nH]c(=O)c(Cl)c2)n1. The monoisotopic (exact) mass is 347 g/mol. The van der Waals surface area contributed by atoms with Crippen molar-refractivity contribution in [3.8, 4) is 0 Å². The molecule has 0 aromatic carbocycles. The molecule has 21 heavy (non-hydrogen) atoms. The van der Waals surface area contributed by atoms with Gasteiger partial charge in [-0.2, -0.15) is 0 Å². The highest BCUT2D eigenvalue weighted by molar-refractivity contribution is 7.93. The van der Waals surface area contributed by atoms with Gasteiger partial charge in [-0.05, 0) is 6.07 Å². The molecule has 2 aromatic heterocycles. The number of rotatable bonds is 3. The summed E-state index contributed by atoms with van der Waals surface area (Å²) in [5, 5.41) is 1.88. The quantitative estimate of drug-likeness (QED) is 0.892. The molecule has 2 rings (SSSR count). The van der Waals surface area contributed by atoms with Gasteiger partial charge in [0.2, 0.25) is 0 Å². The van der Waals surface area contributed by atoms with Crippen LogP contribution in [0.3, 0.4) is 0 Å². The molecule has 0 radical (unpaired) electrons. The van der Waals surface area contributed by atoms with Gasteiger partial charge in [-0.25, -0.2) is 13.4 Å². The second-order valence-corrected chi connectivity index (χ2v) is 8.35. The van der Waals surface area contributed by atoms with Crippen LogP contribution in [0, 0.1) is 0 Å². The fourth-order valence-corrected chi connectivity index (χ4v) is 3.85. The zero-order valence-corrected chi connectivity index (χ0v) is 14.0. The summed E-state index contributed by atoms with van der Waals surface area (Å²) in [6.45, 7) is 5.96. The summed E-state index contributed by atoms with van der Waals surface area (Å²) in [6, 6.07) is 1.10. The molecule has 0 aliphatic carbocycles. The molecule has 9 heteroatoms. The largest absolute Gasteiger partial charge is 0.326 e. The van der Waals surface area contributed by atoms with Crippen molar-refractivity contribution in [2.75, 3.05) is 4.72 Å². The Labute approximate surface area is 131 Å². The van der Waals surface area contributed by atoms with Gasteiger partial charge in [-0.1, -0.05) is 32.4 Å². The molecule has 0 amide bonds. The minimum atomic E-state index is -3.84. The number of halogens is 1. The van der Waals surface area contributed by atoms with Crippen molar-refractivity contribution in [3.63, 3.8) is 0 Å². The van der Waals surface area contributed by atoms with Crippen molar-refractivity contribution in [1.29, 1.82) is 0 Å². The van der Waals surface area contributed by atoms with Gasteiger partial charge in [0.05, 0.1) is 5.69 Å². The predicted octanol–water partition coefficient (Wildman–Crippen LogP) is 2.58. The lowest BCUT2D eigenvalue weighted by Gasteiger charge is -2.14. The van der Waals surface area contributed by atoms with E-state index in [2.05, 4.69) is 14.7 Å². The van der Waals surface area contributed by atoms with Crippen LogP contribution in [-0.2, 0) is 15.4 Å². The molecule has 114 valence electrons. The van der Waals surface area contributed by atoms with Gasteiger partial charge in [0.1, 0.15) is 9.92 Å². The van der Waals surface area contributed by atoms with Crippen LogP contribution < -0.4 is 10.3 Å². The molecule has 0 unspecified atom stereocenters. The van der Waals surface area contributed by atoms with E-state index in [9.17, 15) is 13.2 Å². The van der Waals surface area contributed by atoms with Crippen LogP contribution in [0.1, 0.15) is 26.5 Å². The van der Waals surface area contributed by atoms with Gasteiger partial charge in [0.25, 0.3) is 15.6 Å². The number of anilines is 1. The Hall–Kier alpha value is -1.38. The maximum atomic E-state index is 12.2. The number of hydrogen-bond acceptors (Lipinski definition) is 5. The highest BCUT2D eigenvalue weighted by atomic mass is 35.5. The summed E-state index contributed by atoms with van der Waals surface area (Å²) in [7, 11) is -3.84. The molecule has 6 nitrogen and oxygen atoms in total. The highest BCUT2D eigenvalue weighted by Gasteiger charge is 2.21. The van der Waals surface area contributed by atoms with Crippen LogP contribution in [0.15, 0.2) is 27.3 Å². The molecule has 0 fully saturated rings. The molecule has 0 atom stereocenters. The summed E-state index contributed by atoms with van der Waals surface area (Å²) in [6.07, 6.45) is 1.09. The highest BCUT2D eigenvalue weighted by Crippen LogP contribution is 2.27. The second-order valence-electron chi connectivity index (χ2n) is 5.41. The van der Waals surface area contributed by atoms with E-state index in [-0.39, 0.29) is 20.5 Å². The number of sulfonamides is 1. The number of pyridine rings is 1. The number of thiazole rings is 1. The first-order valence-electron chi connectivity index (χ1n) is 5.97. The van der Waals surface area contributed by atoms with Gasteiger partial charge >= 0.3 is 0 Å². The third kappa shape index (κ3) is 3.63. The maximum Gasteiger partial charge on any atom is 0.266 e. The van der Waals surface area contributed by atoms with Gasteiger partial charge < -0.3 is 4.98 Å². The van der Waals surface area contributed by atoms with Crippen molar-refractivity contribution in [1.82, 2.24) is 9.97 Å². The number of aromatic amines is 1. The van der Waals surface area contributed by atoms with E-state index < -0.39 is 15.6 Å². The Bertz CT molecular complexity index is 819.